The Labute approximate surface area is 161 Å². The number of hydrogen-bond acceptors (Lipinski definition) is 3. The molecule has 0 spiro atoms. The summed E-state index contributed by atoms with van der Waals surface area (Å²) >= 11 is 0. The number of carbonyl (C=O) groups excluding carboxylic acids is 1. The van der Waals surface area contributed by atoms with Crippen LogP contribution in [0.15, 0.2) is 30.3 Å². The molecule has 5 fully saturated rings. The summed E-state index contributed by atoms with van der Waals surface area (Å²) in [5.74, 6) is 0.899. The standard InChI is InChI=1S/C23H31FN2O/c24-17-21-10-18-11-22(14-21,19-4-2-1-3-5-19)16-23(12-18,15-21)20(27)13-26-8-6-25-7-9-26/h1-5,18,25H,6-17H2/t18?,21-,22+,23?/m0/s1. The van der Waals surface area contributed by atoms with Gasteiger partial charge in [0.05, 0.1) is 13.2 Å². The molecule has 5 aliphatic rings. The van der Waals surface area contributed by atoms with Gasteiger partial charge in [-0.2, -0.15) is 0 Å². The van der Waals surface area contributed by atoms with E-state index in [2.05, 4.69) is 40.5 Å². The van der Waals surface area contributed by atoms with Gasteiger partial charge in [0.2, 0.25) is 0 Å². The van der Waals surface area contributed by atoms with E-state index in [1.54, 1.807) is 0 Å². The largest absolute Gasteiger partial charge is 0.314 e. The lowest BCUT2D eigenvalue weighted by molar-refractivity contribution is -0.164. The highest BCUT2D eigenvalue weighted by atomic mass is 19.1. The molecule has 1 aliphatic heterocycles. The zero-order valence-electron chi connectivity index (χ0n) is 16.2. The molecular formula is C23H31FN2O. The van der Waals surface area contributed by atoms with Crippen molar-refractivity contribution < 1.29 is 9.18 Å². The number of benzene rings is 1. The second kappa shape index (κ2) is 6.38. The Kier molecular flexibility index (Phi) is 4.21. The first-order chi connectivity index (χ1) is 13.1. The quantitative estimate of drug-likeness (QED) is 0.863. The number of Topliss-reactive ketones (excluding diaryl/α,β-unsaturated/α-hetero) is 1. The lowest BCUT2D eigenvalue weighted by Crippen LogP contribution is -2.62. The van der Waals surface area contributed by atoms with Gasteiger partial charge in [-0.15, -0.1) is 0 Å². The van der Waals surface area contributed by atoms with Gasteiger partial charge in [0.1, 0.15) is 0 Å². The monoisotopic (exact) mass is 370 g/mol. The molecule has 146 valence electrons. The molecule has 4 atom stereocenters. The lowest BCUT2D eigenvalue weighted by Gasteiger charge is -2.66. The maximum atomic E-state index is 14.4. The molecule has 3 nitrogen and oxygen atoms in total. The number of rotatable bonds is 5. The topological polar surface area (TPSA) is 32.3 Å². The Morgan fingerprint density at radius 1 is 1.07 bits per heavy atom. The van der Waals surface area contributed by atoms with E-state index in [0.29, 0.717) is 18.2 Å². The van der Waals surface area contributed by atoms with E-state index in [4.69, 9.17) is 0 Å². The molecule has 4 saturated carbocycles. The fourth-order valence-corrected chi connectivity index (χ4v) is 7.45. The normalized spacial score (nSPS) is 41.0. The van der Waals surface area contributed by atoms with E-state index in [9.17, 15) is 9.18 Å². The Hall–Kier alpha value is -1.26. The van der Waals surface area contributed by atoms with Gasteiger partial charge in [0.15, 0.2) is 5.78 Å². The molecule has 0 aromatic heterocycles. The number of hydrogen-bond donors (Lipinski definition) is 1. The van der Waals surface area contributed by atoms with Crippen molar-refractivity contribution in [2.75, 3.05) is 39.4 Å². The van der Waals surface area contributed by atoms with Gasteiger partial charge in [0, 0.05) is 37.0 Å². The van der Waals surface area contributed by atoms with Crippen molar-refractivity contribution in [1.29, 1.82) is 0 Å². The molecule has 4 aliphatic carbocycles. The van der Waals surface area contributed by atoms with Crippen LogP contribution in [0.4, 0.5) is 4.39 Å². The molecule has 1 heterocycles. The van der Waals surface area contributed by atoms with Crippen molar-refractivity contribution in [2.24, 2.45) is 16.7 Å². The average Bonchev–Trinajstić information content (AvgIpc) is 2.68. The molecule has 1 saturated heterocycles. The number of alkyl halides is 1. The fourth-order valence-electron chi connectivity index (χ4n) is 7.45. The Morgan fingerprint density at radius 2 is 1.85 bits per heavy atom. The second-order valence-corrected chi connectivity index (χ2v) is 10.0. The third-order valence-electron chi connectivity index (χ3n) is 8.02. The van der Waals surface area contributed by atoms with Crippen molar-refractivity contribution in [3.8, 4) is 0 Å². The van der Waals surface area contributed by atoms with Crippen LogP contribution >= 0.6 is 0 Å². The van der Waals surface area contributed by atoms with Crippen molar-refractivity contribution in [1.82, 2.24) is 10.2 Å². The zero-order chi connectivity index (χ0) is 18.5. The first kappa shape index (κ1) is 17.8. The third-order valence-corrected chi connectivity index (χ3v) is 8.02. The molecule has 1 aromatic rings. The predicted octanol–water partition coefficient (Wildman–Crippen LogP) is 3.34. The predicted molar refractivity (Wildman–Crippen MR) is 104 cm³/mol. The molecule has 1 N–H and O–H groups in total. The molecule has 4 bridgehead atoms. The number of ketones is 1. The van der Waals surface area contributed by atoms with E-state index in [1.807, 2.05) is 0 Å². The molecule has 4 heteroatoms. The van der Waals surface area contributed by atoms with E-state index < -0.39 is 0 Å². The maximum Gasteiger partial charge on any atom is 0.153 e. The summed E-state index contributed by atoms with van der Waals surface area (Å²) < 4.78 is 14.4. The number of nitrogens with zero attached hydrogens (tertiary/aromatic N) is 1. The Bertz CT molecular complexity index is 718. The van der Waals surface area contributed by atoms with Crippen LogP contribution in [0.1, 0.15) is 44.1 Å². The number of nitrogens with one attached hydrogen (secondary N) is 1. The van der Waals surface area contributed by atoms with Gasteiger partial charge in [-0.25, -0.2) is 0 Å². The fraction of sp³-hybridized carbons (Fsp3) is 0.696. The second-order valence-electron chi connectivity index (χ2n) is 10.0. The van der Waals surface area contributed by atoms with Crippen LogP contribution in [-0.4, -0.2) is 50.1 Å². The smallest absolute Gasteiger partial charge is 0.153 e. The molecule has 0 radical (unpaired) electrons. The van der Waals surface area contributed by atoms with Crippen LogP contribution < -0.4 is 5.32 Å². The minimum absolute atomic E-state index is 0.00583. The molecule has 6 rings (SSSR count). The van der Waals surface area contributed by atoms with Gasteiger partial charge in [-0.1, -0.05) is 30.3 Å². The first-order valence-corrected chi connectivity index (χ1v) is 10.7. The summed E-state index contributed by atoms with van der Waals surface area (Å²) in [6.45, 7) is 4.12. The van der Waals surface area contributed by atoms with Crippen LogP contribution in [-0.2, 0) is 10.2 Å². The van der Waals surface area contributed by atoms with Crippen molar-refractivity contribution in [3.63, 3.8) is 0 Å². The molecular weight excluding hydrogens is 339 g/mol. The number of halogens is 1. The summed E-state index contributed by atoms with van der Waals surface area (Å²) in [6, 6.07) is 10.7. The van der Waals surface area contributed by atoms with E-state index in [-0.39, 0.29) is 22.9 Å². The summed E-state index contributed by atoms with van der Waals surface area (Å²) in [5, 5.41) is 3.36. The van der Waals surface area contributed by atoms with Crippen LogP contribution in [0, 0.1) is 16.7 Å². The van der Waals surface area contributed by atoms with E-state index in [1.165, 1.54) is 5.56 Å². The Morgan fingerprint density at radius 3 is 2.59 bits per heavy atom. The van der Waals surface area contributed by atoms with Gasteiger partial charge < -0.3 is 5.32 Å². The van der Waals surface area contributed by atoms with E-state index in [0.717, 1.165) is 64.7 Å². The minimum atomic E-state index is -0.299. The van der Waals surface area contributed by atoms with Gasteiger partial charge >= 0.3 is 0 Å². The van der Waals surface area contributed by atoms with Crippen LogP contribution in [0.3, 0.4) is 0 Å². The van der Waals surface area contributed by atoms with Crippen LogP contribution in [0.2, 0.25) is 0 Å². The molecule has 0 amide bonds. The molecule has 27 heavy (non-hydrogen) atoms. The van der Waals surface area contributed by atoms with Crippen molar-refractivity contribution in [3.05, 3.63) is 35.9 Å². The highest BCUT2D eigenvalue weighted by molar-refractivity contribution is 5.87. The SMILES string of the molecule is O=C(CN1CCNCC1)C12CC3C[C@@](CF)(C1)C[C@](c1ccccc1)(C3)C2. The van der Waals surface area contributed by atoms with Crippen LogP contribution in [0.5, 0.6) is 0 Å². The molecule has 1 aromatic carbocycles. The summed E-state index contributed by atoms with van der Waals surface area (Å²) in [4.78, 5) is 15.9. The summed E-state index contributed by atoms with van der Waals surface area (Å²) in [5.41, 5.74) is 0.776. The zero-order valence-corrected chi connectivity index (χ0v) is 16.2. The highest BCUT2D eigenvalue weighted by Crippen LogP contribution is 2.70. The van der Waals surface area contributed by atoms with Gasteiger partial charge in [-0.05, 0) is 55.4 Å². The molecule has 2 unspecified atom stereocenters. The van der Waals surface area contributed by atoms with Gasteiger partial charge in [-0.3, -0.25) is 14.1 Å². The average molecular weight is 371 g/mol. The summed E-state index contributed by atoms with van der Waals surface area (Å²) in [7, 11) is 0. The first-order valence-electron chi connectivity index (χ1n) is 10.7. The Balaban J connectivity index is 1.48. The van der Waals surface area contributed by atoms with Crippen molar-refractivity contribution >= 4 is 5.78 Å². The highest BCUT2D eigenvalue weighted by Gasteiger charge is 2.65. The number of carbonyl (C=O) groups is 1. The van der Waals surface area contributed by atoms with Crippen molar-refractivity contribution in [2.45, 2.75) is 43.9 Å². The van der Waals surface area contributed by atoms with Gasteiger partial charge in [0.25, 0.3) is 0 Å². The number of piperazine rings is 1. The maximum absolute atomic E-state index is 14.4. The third kappa shape index (κ3) is 2.87. The lowest BCUT2D eigenvalue weighted by atomic mass is 9.38. The minimum Gasteiger partial charge on any atom is -0.314 e. The summed E-state index contributed by atoms with van der Waals surface area (Å²) in [6.07, 6.45) is 5.77. The van der Waals surface area contributed by atoms with Crippen LogP contribution in [0.25, 0.3) is 0 Å². The van der Waals surface area contributed by atoms with E-state index >= 15 is 0 Å².